The van der Waals surface area contributed by atoms with E-state index in [1.54, 1.807) is 31.2 Å². The predicted octanol–water partition coefficient (Wildman–Crippen LogP) is 2.29. The van der Waals surface area contributed by atoms with Crippen LogP contribution in [0.3, 0.4) is 0 Å². The fourth-order valence-electron chi connectivity index (χ4n) is 1.91. The van der Waals surface area contributed by atoms with Crippen LogP contribution in [0.4, 0.5) is 4.79 Å². The van der Waals surface area contributed by atoms with Gasteiger partial charge in [0.2, 0.25) is 0 Å². The van der Waals surface area contributed by atoms with Gasteiger partial charge in [-0.2, -0.15) is 0 Å². The Balaban J connectivity index is 3.14. The Bertz CT molecular complexity index is 541. The van der Waals surface area contributed by atoms with Gasteiger partial charge in [-0.15, -0.1) is 0 Å². The molecule has 0 spiro atoms. The van der Waals surface area contributed by atoms with E-state index in [1.165, 1.54) is 7.11 Å². The molecule has 0 bridgehead atoms. The second-order valence-corrected chi connectivity index (χ2v) is 6.77. The summed E-state index contributed by atoms with van der Waals surface area (Å²) < 4.78 is 31.9. The van der Waals surface area contributed by atoms with Crippen molar-refractivity contribution in [2.45, 2.75) is 18.8 Å². The molecule has 0 fully saturated rings. The van der Waals surface area contributed by atoms with Crippen LogP contribution in [-0.2, 0) is 18.3 Å². The number of hydrogen-bond acceptors (Lipinski definition) is 7. The van der Waals surface area contributed by atoms with E-state index < -0.39 is 25.6 Å². The number of amides is 1. The number of rotatable bonds is 8. The van der Waals surface area contributed by atoms with E-state index in [4.69, 9.17) is 18.5 Å². The van der Waals surface area contributed by atoms with Crippen molar-refractivity contribution in [1.29, 1.82) is 0 Å². The van der Waals surface area contributed by atoms with Gasteiger partial charge in [0.1, 0.15) is 5.75 Å². The van der Waals surface area contributed by atoms with E-state index in [2.05, 4.69) is 5.32 Å². The number of nitrogens with one attached hydrogen (secondary N) is 1. The summed E-state index contributed by atoms with van der Waals surface area (Å²) in [4.78, 5) is 11.7. The first-order valence-electron chi connectivity index (χ1n) is 6.88. The first kappa shape index (κ1) is 19.4. The first-order valence-corrected chi connectivity index (χ1v) is 8.49. The van der Waals surface area contributed by atoms with Gasteiger partial charge < -0.3 is 28.9 Å². The molecular weight excluding hydrogens is 325 g/mol. The zero-order valence-corrected chi connectivity index (χ0v) is 14.4. The Morgan fingerprint density at radius 3 is 2.22 bits per heavy atom. The molecule has 1 aromatic rings. The molecular formula is C14H22NO7P. The van der Waals surface area contributed by atoms with Crippen molar-refractivity contribution in [2.24, 2.45) is 0 Å². The molecule has 0 saturated carbocycles. The summed E-state index contributed by atoms with van der Waals surface area (Å²) in [5.41, 5.74) is 0.487. The van der Waals surface area contributed by atoms with E-state index >= 15 is 0 Å². The van der Waals surface area contributed by atoms with Gasteiger partial charge in [-0.1, -0.05) is 12.1 Å². The molecule has 2 atom stereocenters. The summed E-state index contributed by atoms with van der Waals surface area (Å²) in [7, 11) is -0.00619. The molecule has 0 heterocycles. The summed E-state index contributed by atoms with van der Waals surface area (Å²) in [5.74, 6) is -1.02. The van der Waals surface area contributed by atoms with Crippen molar-refractivity contribution >= 4 is 13.7 Å². The third-order valence-corrected chi connectivity index (χ3v) is 5.12. The number of benzene rings is 1. The molecule has 0 saturated heterocycles. The van der Waals surface area contributed by atoms with Crippen molar-refractivity contribution < 1.29 is 33.0 Å². The van der Waals surface area contributed by atoms with Gasteiger partial charge in [0.05, 0.1) is 19.8 Å². The first-order chi connectivity index (χ1) is 10.9. The van der Waals surface area contributed by atoms with Gasteiger partial charge in [-0.05, 0) is 24.6 Å². The second kappa shape index (κ2) is 8.88. The van der Waals surface area contributed by atoms with Crippen LogP contribution in [0.2, 0.25) is 0 Å². The molecule has 1 rings (SSSR count). The molecule has 1 amide bonds. The Kier molecular flexibility index (Phi) is 7.51. The van der Waals surface area contributed by atoms with Gasteiger partial charge in [0.15, 0.2) is 5.85 Å². The Hall–Kier alpha value is -1.60. The average Bonchev–Trinajstić information content (AvgIpc) is 2.58. The highest BCUT2D eigenvalue weighted by atomic mass is 31.2. The minimum absolute atomic E-state index is 0.156. The van der Waals surface area contributed by atoms with Crippen LogP contribution >= 0.6 is 7.60 Å². The van der Waals surface area contributed by atoms with E-state index in [-0.39, 0.29) is 6.61 Å². The average molecular weight is 347 g/mol. The molecule has 1 aromatic carbocycles. The number of carbonyl (C=O) groups is 1. The minimum atomic E-state index is -3.83. The molecule has 0 aliphatic carbocycles. The number of alkyl carbamates (subject to hydrolysis) is 1. The molecule has 0 aromatic heterocycles. The van der Waals surface area contributed by atoms with Gasteiger partial charge >= 0.3 is 13.7 Å². The zero-order valence-electron chi connectivity index (χ0n) is 13.5. The Morgan fingerprint density at radius 2 is 1.78 bits per heavy atom. The summed E-state index contributed by atoms with van der Waals surface area (Å²) in [6.45, 7) is 1.80. The molecule has 2 N–H and O–H groups in total. The van der Waals surface area contributed by atoms with Gasteiger partial charge in [0, 0.05) is 14.2 Å². The number of carbonyl (C=O) groups excluding carboxylic acids is 1. The largest absolute Gasteiger partial charge is 0.497 e. The maximum absolute atomic E-state index is 12.4. The van der Waals surface area contributed by atoms with Gasteiger partial charge in [-0.3, -0.25) is 4.57 Å². The minimum Gasteiger partial charge on any atom is -0.497 e. The van der Waals surface area contributed by atoms with Crippen molar-refractivity contribution in [3.8, 4) is 5.75 Å². The smallest absolute Gasteiger partial charge is 0.407 e. The predicted molar refractivity (Wildman–Crippen MR) is 83.5 cm³/mol. The van der Waals surface area contributed by atoms with Crippen molar-refractivity contribution in [3.63, 3.8) is 0 Å². The third kappa shape index (κ3) is 4.94. The SMILES string of the molecule is CCOC(=O)N[C@@H](c1ccc(OC)cc1)[C@@H](O)P(=O)(OC)OC. The lowest BCUT2D eigenvalue weighted by atomic mass is 10.1. The van der Waals surface area contributed by atoms with Crippen molar-refractivity contribution in [1.82, 2.24) is 5.32 Å². The molecule has 0 aliphatic rings. The number of methoxy groups -OCH3 is 1. The van der Waals surface area contributed by atoms with Crippen LogP contribution < -0.4 is 10.1 Å². The van der Waals surface area contributed by atoms with Crippen molar-refractivity contribution in [3.05, 3.63) is 29.8 Å². The number of ether oxygens (including phenoxy) is 2. The lowest BCUT2D eigenvalue weighted by Crippen LogP contribution is -2.37. The quantitative estimate of drug-likeness (QED) is 0.695. The van der Waals surface area contributed by atoms with Crippen LogP contribution in [0.1, 0.15) is 18.5 Å². The van der Waals surface area contributed by atoms with E-state index in [0.29, 0.717) is 11.3 Å². The van der Waals surface area contributed by atoms with Crippen LogP contribution in [0.5, 0.6) is 5.75 Å². The maximum atomic E-state index is 12.4. The highest BCUT2D eigenvalue weighted by Gasteiger charge is 2.40. The molecule has 23 heavy (non-hydrogen) atoms. The molecule has 130 valence electrons. The monoisotopic (exact) mass is 347 g/mol. The van der Waals surface area contributed by atoms with E-state index in [1.807, 2.05) is 0 Å². The molecule has 0 aliphatic heterocycles. The van der Waals surface area contributed by atoms with Crippen molar-refractivity contribution in [2.75, 3.05) is 27.9 Å². The summed E-state index contributed by atoms with van der Waals surface area (Å²) >= 11 is 0. The van der Waals surface area contributed by atoms with Gasteiger partial charge in [0.25, 0.3) is 0 Å². The fraction of sp³-hybridized carbons (Fsp3) is 0.500. The molecule has 8 nitrogen and oxygen atoms in total. The van der Waals surface area contributed by atoms with Crippen LogP contribution in [0, 0.1) is 0 Å². The third-order valence-electron chi connectivity index (χ3n) is 3.15. The van der Waals surface area contributed by atoms with Crippen LogP contribution in [-0.4, -0.2) is 45.0 Å². The van der Waals surface area contributed by atoms with Crippen LogP contribution in [0.25, 0.3) is 0 Å². The summed E-state index contributed by atoms with van der Waals surface area (Å²) in [6, 6.07) is 5.48. The number of aliphatic hydroxyl groups excluding tert-OH is 1. The van der Waals surface area contributed by atoms with E-state index in [0.717, 1.165) is 14.2 Å². The Morgan fingerprint density at radius 1 is 1.22 bits per heavy atom. The van der Waals surface area contributed by atoms with Gasteiger partial charge in [-0.25, -0.2) is 4.79 Å². The number of aliphatic hydroxyl groups is 1. The second-order valence-electron chi connectivity index (χ2n) is 4.43. The lowest BCUT2D eigenvalue weighted by Gasteiger charge is -2.28. The highest BCUT2D eigenvalue weighted by molar-refractivity contribution is 7.54. The topological polar surface area (TPSA) is 103 Å². The zero-order chi connectivity index (χ0) is 17.5. The molecule has 0 unspecified atom stereocenters. The number of hydrogen-bond donors (Lipinski definition) is 2. The normalized spacial score (nSPS) is 14.0. The molecule has 0 radical (unpaired) electrons. The Labute approximate surface area is 135 Å². The van der Waals surface area contributed by atoms with E-state index in [9.17, 15) is 14.5 Å². The summed E-state index contributed by atoms with van der Waals surface area (Å²) in [5, 5.41) is 12.9. The highest BCUT2D eigenvalue weighted by Crippen LogP contribution is 2.54. The fourth-order valence-corrected chi connectivity index (χ4v) is 3.11. The summed E-state index contributed by atoms with van der Waals surface area (Å²) in [6.07, 6.45) is -0.758. The maximum Gasteiger partial charge on any atom is 0.407 e. The lowest BCUT2D eigenvalue weighted by molar-refractivity contribution is 0.119. The molecule has 9 heteroatoms. The standard InChI is InChI=1S/C14H22NO7P/c1-5-22-14(17)15-12(13(16)23(18,20-3)21-4)10-6-8-11(19-2)9-7-10/h6-9,12-13,16H,5H2,1-4H3,(H,15,17)/t12-,13-/m0/s1. The van der Waals surface area contributed by atoms with Crippen LogP contribution in [0.15, 0.2) is 24.3 Å².